The van der Waals surface area contributed by atoms with Gasteiger partial charge in [0.1, 0.15) is 6.61 Å². The molecular formula is C19H25FN4O3S. The number of para-hydroxylation sites is 1. The van der Waals surface area contributed by atoms with E-state index in [4.69, 9.17) is 9.47 Å². The van der Waals surface area contributed by atoms with E-state index >= 15 is 0 Å². The molecule has 1 aliphatic heterocycles. The summed E-state index contributed by atoms with van der Waals surface area (Å²) in [6.07, 6.45) is 2.77. The Morgan fingerprint density at radius 2 is 2.18 bits per heavy atom. The van der Waals surface area contributed by atoms with E-state index < -0.39 is 5.82 Å². The summed E-state index contributed by atoms with van der Waals surface area (Å²) in [6.45, 7) is 3.22. The molecule has 0 radical (unpaired) electrons. The van der Waals surface area contributed by atoms with Crippen LogP contribution >= 0.6 is 11.8 Å². The summed E-state index contributed by atoms with van der Waals surface area (Å²) in [5.41, 5.74) is 0. The minimum Gasteiger partial charge on any atom is -0.483 e. The number of carbonyl (C=O) groups excluding carboxylic acids is 1. The molecule has 2 atom stereocenters. The van der Waals surface area contributed by atoms with E-state index in [0.29, 0.717) is 24.1 Å². The first-order chi connectivity index (χ1) is 13.6. The van der Waals surface area contributed by atoms with E-state index in [9.17, 15) is 9.18 Å². The molecular weight excluding hydrogens is 383 g/mol. The number of ether oxygens (including phenoxy) is 2. The Bertz CT molecular complexity index is 801. The van der Waals surface area contributed by atoms with Crippen molar-refractivity contribution in [3.8, 4) is 5.75 Å². The average molecular weight is 408 g/mol. The van der Waals surface area contributed by atoms with Gasteiger partial charge >= 0.3 is 0 Å². The van der Waals surface area contributed by atoms with Gasteiger partial charge in [-0.05, 0) is 31.9 Å². The van der Waals surface area contributed by atoms with E-state index in [-0.39, 0.29) is 29.6 Å². The summed E-state index contributed by atoms with van der Waals surface area (Å²) < 4.78 is 26.6. The van der Waals surface area contributed by atoms with Gasteiger partial charge < -0.3 is 14.8 Å². The number of thioether (sulfide) groups is 1. The fraction of sp³-hybridized carbons (Fsp3) is 0.526. The van der Waals surface area contributed by atoms with Gasteiger partial charge in [0, 0.05) is 13.7 Å². The number of nitrogens with zero attached hydrogens (tertiary/aromatic N) is 3. The second kappa shape index (κ2) is 9.88. The minimum atomic E-state index is -0.428. The van der Waals surface area contributed by atoms with Crippen LogP contribution in [0.4, 0.5) is 4.39 Å². The van der Waals surface area contributed by atoms with Crippen LogP contribution in [0.5, 0.6) is 5.75 Å². The second-order valence-corrected chi connectivity index (χ2v) is 7.86. The maximum Gasteiger partial charge on any atom is 0.233 e. The van der Waals surface area contributed by atoms with Crippen molar-refractivity contribution >= 4 is 17.7 Å². The molecule has 1 aromatic carbocycles. The molecule has 3 rings (SSSR count). The number of amides is 1. The van der Waals surface area contributed by atoms with Crippen LogP contribution in [0.3, 0.4) is 0 Å². The second-order valence-electron chi connectivity index (χ2n) is 6.69. The summed E-state index contributed by atoms with van der Waals surface area (Å²) in [5.74, 6) is 0.321. The van der Waals surface area contributed by atoms with Gasteiger partial charge in [-0.1, -0.05) is 30.3 Å². The Balaban J connectivity index is 1.80. The topological polar surface area (TPSA) is 78.3 Å². The van der Waals surface area contributed by atoms with E-state index in [1.54, 1.807) is 25.3 Å². The van der Waals surface area contributed by atoms with Crippen LogP contribution in [0.25, 0.3) is 0 Å². The monoisotopic (exact) mass is 408 g/mol. The third-order valence-electron chi connectivity index (χ3n) is 4.51. The molecule has 152 valence electrons. The van der Waals surface area contributed by atoms with Gasteiger partial charge in [-0.2, -0.15) is 0 Å². The van der Waals surface area contributed by atoms with Crippen molar-refractivity contribution in [1.29, 1.82) is 0 Å². The SMILES string of the molecule is COC[C@@H](C)n1c(COc2ccccc2F)nnc1S[C@H]1CCCCNC1=O. The lowest BCUT2D eigenvalue weighted by atomic mass is 10.2. The number of benzene rings is 1. The molecule has 28 heavy (non-hydrogen) atoms. The molecule has 0 aliphatic carbocycles. The lowest BCUT2D eigenvalue weighted by Crippen LogP contribution is -2.31. The van der Waals surface area contributed by atoms with E-state index in [1.165, 1.54) is 17.8 Å². The highest BCUT2D eigenvalue weighted by Gasteiger charge is 2.27. The van der Waals surface area contributed by atoms with Crippen LogP contribution in [0, 0.1) is 5.82 Å². The first-order valence-corrected chi connectivity index (χ1v) is 10.2. The van der Waals surface area contributed by atoms with Gasteiger partial charge in [0.2, 0.25) is 5.91 Å². The zero-order valence-corrected chi connectivity index (χ0v) is 16.9. The van der Waals surface area contributed by atoms with Crippen LogP contribution in [0.15, 0.2) is 29.4 Å². The molecule has 1 aromatic heterocycles. The number of hydrogen-bond donors (Lipinski definition) is 1. The molecule has 7 nitrogen and oxygen atoms in total. The molecule has 1 aliphatic rings. The maximum absolute atomic E-state index is 13.8. The largest absolute Gasteiger partial charge is 0.483 e. The molecule has 0 spiro atoms. The van der Waals surface area contributed by atoms with Gasteiger partial charge in [0.15, 0.2) is 22.5 Å². The van der Waals surface area contributed by atoms with Gasteiger partial charge in [0.25, 0.3) is 0 Å². The Hall–Kier alpha value is -2.13. The Morgan fingerprint density at radius 1 is 1.36 bits per heavy atom. The van der Waals surface area contributed by atoms with Crippen molar-refractivity contribution in [3.63, 3.8) is 0 Å². The molecule has 2 heterocycles. The summed E-state index contributed by atoms with van der Waals surface area (Å²) in [4.78, 5) is 12.3. The van der Waals surface area contributed by atoms with Gasteiger partial charge in [-0.15, -0.1) is 10.2 Å². The van der Waals surface area contributed by atoms with Gasteiger partial charge in [-0.3, -0.25) is 9.36 Å². The predicted molar refractivity (Wildman–Crippen MR) is 104 cm³/mol. The molecule has 1 N–H and O–H groups in total. The highest BCUT2D eigenvalue weighted by atomic mass is 32.2. The predicted octanol–water partition coefficient (Wildman–Crippen LogP) is 2.96. The van der Waals surface area contributed by atoms with Crippen LogP contribution in [0.1, 0.15) is 38.1 Å². The van der Waals surface area contributed by atoms with Crippen molar-refractivity contribution in [3.05, 3.63) is 35.9 Å². The van der Waals surface area contributed by atoms with Crippen LogP contribution in [0.2, 0.25) is 0 Å². The first-order valence-electron chi connectivity index (χ1n) is 9.34. The quantitative estimate of drug-likeness (QED) is 0.724. The zero-order valence-electron chi connectivity index (χ0n) is 16.1. The number of methoxy groups -OCH3 is 1. The van der Waals surface area contributed by atoms with Crippen molar-refractivity contribution in [2.24, 2.45) is 0 Å². The standard InChI is InChI=1S/C19H25FN4O3S/c1-13(11-26-2)24-17(12-27-15-8-4-3-7-14(15)20)22-23-19(24)28-16-9-5-6-10-21-18(16)25/h3-4,7-8,13,16H,5-6,9-12H2,1-2H3,(H,21,25)/t13-,16+/m1/s1. The molecule has 1 fully saturated rings. The van der Waals surface area contributed by atoms with Crippen LogP contribution in [-0.4, -0.2) is 46.2 Å². The third kappa shape index (κ3) is 5.02. The lowest BCUT2D eigenvalue weighted by Gasteiger charge is -2.19. The fourth-order valence-corrected chi connectivity index (χ4v) is 4.32. The van der Waals surface area contributed by atoms with E-state index in [0.717, 1.165) is 19.3 Å². The highest BCUT2D eigenvalue weighted by molar-refractivity contribution is 8.00. The van der Waals surface area contributed by atoms with Crippen molar-refractivity contribution in [1.82, 2.24) is 20.1 Å². The third-order valence-corrected chi connectivity index (χ3v) is 5.73. The molecule has 9 heteroatoms. The van der Waals surface area contributed by atoms with Crippen LogP contribution < -0.4 is 10.1 Å². The number of carbonyl (C=O) groups is 1. The minimum absolute atomic E-state index is 0.0283. The van der Waals surface area contributed by atoms with Crippen LogP contribution in [-0.2, 0) is 16.1 Å². The number of halogens is 1. The Kier molecular flexibility index (Phi) is 7.27. The Labute approximate surface area is 168 Å². The summed E-state index contributed by atoms with van der Waals surface area (Å²) >= 11 is 1.40. The summed E-state index contributed by atoms with van der Waals surface area (Å²) in [6, 6.07) is 6.18. The van der Waals surface area contributed by atoms with E-state index in [1.807, 2.05) is 11.5 Å². The van der Waals surface area contributed by atoms with Crippen molar-refractivity contribution in [2.45, 2.75) is 49.2 Å². The number of rotatable bonds is 8. The number of nitrogens with one attached hydrogen (secondary N) is 1. The maximum atomic E-state index is 13.8. The lowest BCUT2D eigenvalue weighted by molar-refractivity contribution is -0.120. The smallest absolute Gasteiger partial charge is 0.233 e. The molecule has 0 unspecified atom stereocenters. The molecule has 1 saturated heterocycles. The van der Waals surface area contributed by atoms with Gasteiger partial charge in [-0.25, -0.2) is 4.39 Å². The summed E-state index contributed by atoms with van der Waals surface area (Å²) in [5, 5.41) is 11.9. The summed E-state index contributed by atoms with van der Waals surface area (Å²) in [7, 11) is 1.63. The molecule has 1 amide bonds. The molecule has 0 bridgehead atoms. The number of hydrogen-bond acceptors (Lipinski definition) is 6. The van der Waals surface area contributed by atoms with Crippen molar-refractivity contribution in [2.75, 3.05) is 20.3 Å². The zero-order chi connectivity index (χ0) is 19.9. The number of aromatic nitrogens is 3. The Morgan fingerprint density at radius 3 is 2.96 bits per heavy atom. The molecule has 0 saturated carbocycles. The first kappa shape index (κ1) is 20.6. The highest BCUT2D eigenvalue weighted by Crippen LogP contribution is 2.30. The van der Waals surface area contributed by atoms with Crippen molar-refractivity contribution < 1.29 is 18.7 Å². The van der Waals surface area contributed by atoms with Gasteiger partial charge in [0.05, 0.1) is 17.9 Å². The molecule has 2 aromatic rings. The average Bonchev–Trinajstić information content (AvgIpc) is 2.97. The fourth-order valence-electron chi connectivity index (χ4n) is 3.10. The normalized spacial score (nSPS) is 18.4. The van der Waals surface area contributed by atoms with E-state index in [2.05, 4.69) is 15.5 Å².